The van der Waals surface area contributed by atoms with Crippen LogP contribution in [-0.2, 0) is 6.61 Å². The predicted octanol–water partition coefficient (Wildman–Crippen LogP) is 4.40. The van der Waals surface area contributed by atoms with E-state index in [1.165, 1.54) is 0 Å². The second kappa shape index (κ2) is 8.56. The molecule has 0 aliphatic rings. The van der Waals surface area contributed by atoms with Gasteiger partial charge < -0.3 is 9.47 Å². The number of pyridine rings is 1. The van der Waals surface area contributed by atoms with Crippen molar-refractivity contribution in [2.24, 2.45) is 0 Å². The van der Waals surface area contributed by atoms with Gasteiger partial charge in [0.25, 0.3) is 0 Å². The third-order valence-corrected chi connectivity index (χ3v) is 3.49. The van der Waals surface area contributed by atoms with Crippen LogP contribution in [-0.4, -0.2) is 11.6 Å². The Morgan fingerprint density at radius 1 is 0.800 bits per heavy atom. The van der Waals surface area contributed by atoms with Gasteiger partial charge in [0, 0.05) is 5.69 Å². The van der Waals surface area contributed by atoms with Gasteiger partial charge in [0.2, 0.25) is 0 Å². The second-order valence-electron chi connectivity index (χ2n) is 5.48. The molecule has 0 saturated carbocycles. The van der Waals surface area contributed by atoms with Crippen molar-refractivity contribution in [2.45, 2.75) is 13.5 Å². The summed E-state index contributed by atoms with van der Waals surface area (Å²) in [7, 11) is 0. The first kappa shape index (κ1) is 16.6. The lowest BCUT2D eigenvalue weighted by atomic mass is 10.2. The van der Waals surface area contributed by atoms with Gasteiger partial charge in [-0.05, 0) is 42.7 Å². The van der Waals surface area contributed by atoms with Crippen molar-refractivity contribution in [1.82, 2.24) is 4.98 Å². The summed E-state index contributed by atoms with van der Waals surface area (Å²) in [5.41, 5.74) is 2.81. The van der Waals surface area contributed by atoms with Crippen molar-refractivity contribution in [2.75, 3.05) is 6.61 Å². The van der Waals surface area contributed by atoms with Gasteiger partial charge in [0.1, 0.15) is 18.9 Å². The molecular formula is C22H19NO2. The average Bonchev–Trinajstić information content (AvgIpc) is 2.65. The van der Waals surface area contributed by atoms with Crippen LogP contribution in [0.1, 0.15) is 17.0 Å². The molecular weight excluding hydrogens is 310 g/mol. The molecule has 25 heavy (non-hydrogen) atoms. The maximum Gasteiger partial charge on any atom is 0.162 e. The third-order valence-electron chi connectivity index (χ3n) is 3.49. The normalized spacial score (nSPS) is 9.80. The summed E-state index contributed by atoms with van der Waals surface area (Å²) in [5, 5.41) is 0. The van der Waals surface area contributed by atoms with Gasteiger partial charge in [0.15, 0.2) is 11.5 Å². The summed E-state index contributed by atoms with van der Waals surface area (Å²) in [6.45, 7) is 2.73. The van der Waals surface area contributed by atoms with E-state index in [1.54, 1.807) is 0 Å². The molecule has 0 N–H and O–H groups in total. The van der Waals surface area contributed by atoms with Crippen LogP contribution in [0.4, 0.5) is 0 Å². The summed E-state index contributed by atoms with van der Waals surface area (Å²) >= 11 is 0. The highest BCUT2D eigenvalue weighted by Crippen LogP contribution is 2.27. The van der Waals surface area contributed by atoms with Gasteiger partial charge in [-0.25, -0.2) is 4.98 Å². The minimum atomic E-state index is 0.279. The smallest absolute Gasteiger partial charge is 0.162 e. The second-order valence-corrected chi connectivity index (χ2v) is 5.48. The van der Waals surface area contributed by atoms with Crippen molar-refractivity contribution < 1.29 is 9.47 Å². The van der Waals surface area contributed by atoms with Crippen LogP contribution in [0.2, 0.25) is 0 Å². The summed E-state index contributed by atoms with van der Waals surface area (Å²) in [6.07, 6.45) is 0. The van der Waals surface area contributed by atoms with Gasteiger partial charge in [0.05, 0.1) is 0 Å². The molecule has 0 radical (unpaired) electrons. The van der Waals surface area contributed by atoms with E-state index in [4.69, 9.17) is 9.47 Å². The Bertz CT molecular complexity index is 879. The lowest BCUT2D eigenvalue weighted by molar-refractivity contribution is 0.277. The first-order chi connectivity index (χ1) is 12.3. The molecule has 2 aromatic carbocycles. The summed E-state index contributed by atoms with van der Waals surface area (Å²) in [6, 6.07) is 23.4. The maximum absolute atomic E-state index is 5.87. The van der Waals surface area contributed by atoms with Crippen molar-refractivity contribution in [3.8, 4) is 23.3 Å². The zero-order valence-electron chi connectivity index (χ0n) is 14.1. The van der Waals surface area contributed by atoms with Crippen LogP contribution in [0.3, 0.4) is 0 Å². The number of rotatable bonds is 5. The molecule has 0 fully saturated rings. The van der Waals surface area contributed by atoms with Gasteiger partial charge >= 0.3 is 0 Å². The average molecular weight is 329 g/mol. The molecule has 124 valence electrons. The molecule has 0 unspecified atom stereocenters. The van der Waals surface area contributed by atoms with E-state index >= 15 is 0 Å². The number of benzene rings is 2. The van der Waals surface area contributed by atoms with Crippen molar-refractivity contribution >= 4 is 0 Å². The van der Waals surface area contributed by atoms with Crippen molar-refractivity contribution in [3.05, 3.63) is 89.7 Å². The van der Waals surface area contributed by atoms with Gasteiger partial charge in [-0.1, -0.05) is 54.5 Å². The van der Waals surface area contributed by atoms with Crippen LogP contribution in [0.15, 0.2) is 72.8 Å². The Labute approximate surface area is 148 Å². The van der Waals surface area contributed by atoms with E-state index in [1.807, 2.05) is 79.7 Å². The Balaban J connectivity index is 1.60. The summed E-state index contributed by atoms with van der Waals surface area (Å²) in [5.74, 6) is 7.39. The topological polar surface area (TPSA) is 31.4 Å². The third kappa shape index (κ3) is 5.12. The molecule has 0 amide bonds. The zero-order valence-corrected chi connectivity index (χ0v) is 14.1. The molecule has 1 aromatic heterocycles. The molecule has 3 aromatic rings. The minimum absolute atomic E-state index is 0.279. The zero-order chi connectivity index (χ0) is 17.3. The fourth-order valence-electron chi connectivity index (χ4n) is 2.28. The standard InChI is InChI=1S/C22H19NO2/c1-18-9-7-12-20(23-18)13-8-16-24-21-14-5-6-15-22(21)25-17-19-10-3-2-4-11-19/h2-7,9-12,14-15H,16-17H2,1H3. The number of aryl methyl sites for hydroxylation is 1. The fourth-order valence-corrected chi connectivity index (χ4v) is 2.28. The van der Waals surface area contributed by atoms with E-state index < -0.39 is 0 Å². The first-order valence-electron chi connectivity index (χ1n) is 8.12. The molecule has 0 spiro atoms. The Morgan fingerprint density at radius 3 is 2.28 bits per heavy atom. The van der Waals surface area contributed by atoms with Gasteiger partial charge in [-0.2, -0.15) is 0 Å². The molecule has 3 rings (SSSR count). The molecule has 0 saturated heterocycles. The highest BCUT2D eigenvalue weighted by Gasteiger charge is 2.03. The molecule has 3 heteroatoms. The summed E-state index contributed by atoms with van der Waals surface area (Å²) < 4.78 is 11.6. The number of ether oxygens (including phenoxy) is 2. The number of para-hydroxylation sites is 2. The number of nitrogens with zero attached hydrogens (tertiary/aromatic N) is 1. The van der Waals surface area contributed by atoms with Crippen LogP contribution < -0.4 is 9.47 Å². The van der Waals surface area contributed by atoms with Crippen molar-refractivity contribution in [3.63, 3.8) is 0 Å². The Morgan fingerprint density at radius 2 is 1.52 bits per heavy atom. The van der Waals surface area contributed by atoms with E-state index in [0.717, 1.165) is 17.0 Å². The Hall–Kier alpha value is -3.25. The number of hydrogen-bond acceptors (Lipinski definition) is 3. The molecule has 1 heterocycles. The first-order valence-corrected chi connectivity index (χ1v) is 8.12. The van der Waals surface area contributed by atoms with Crippen molar-refractivity contribution in [1.29, 1.82) is 0 Å². The van der Waals surface area contributed by atoms with Gasteiger partial charge in [-0.3, -0.25) is 0 Å². The molecule has 0 atom stereocenters. The van der Waals surface area contributed by atoms with Crippen LogP contribution in [0.5, 0.6) is 11.5 Å². The predicted molar refractivity (Wildman–Crippen MR) is 98.6 cm³/mol. The van der Waals surface area contributed by atoms with E-state index in [9.17, 15) is 0 Å². The summed E-state index contributed by atoms with van der Waals surface area (Å²) in [4.78, 5) is 4.34. The molecule has 3 nitrogen and oxygen atoms in total. The number of aromatic nitrogens is 1. The SMILES string of the molecule is Cc1cccc(C#CCOc2ccccc2OCc2ccccc2)n1. The maximum atomic E-state index is 5.87. The monoisotopic (exact) mass is 329 g/mol. The van der Waals surface area contributed by atoms with Crippen LogP contribution in [0.25, 0.3) is 0 Å². The molecule has 0 aliphatic heterocycles. The van der Waals surface area contributed by atoms with Gasteiger partial charge in [-0.15, -0.1) is 0 Å². The highest BCUT2D eigenvalue weighted by molar-refractivity contribution is 5.40. The molecule has 0 aliphatic carbocycles. The quantitative estimate of drug-likeness (QED) is 0.650. The molecule has 0 bridgehead atoms. The fraction of sp³-hybridized carbons (Fsp3) is 0.136. The number of hydrogen-bond donors (Lipinski definition) is 0. The van der Waals surface area contributed by atoms with Crippen LogP contribution in [0, 0.1) is 18.8 Å². The lowest BCUT2D eigenvalue weighted by Crippen LogP contribution is -2.00. The minimum Gasteiger partial charge on any atom is -0.485 e. The Kier molecular flexibility index (Phi) is 5.68. The van der Waals surface area contributed by atoms with E-state index in [0.29, 0.717) is 18.1 Å². The largest absolute Gasteiger partial charge is 0.485 e. The van der Waals surface area contributed by atoms with Crippen LogP contribution >= 0.6 is 0 Å². The van der Waals surface area contributed by atoms with E-state index in [2.05, 4.69) is 16.8 Å². The van der Waals surface area contributed by atoms with E-state index in [-0.39, 0.29) is 6.61 Å². The highest BCUT2D eigenvalue weighted by atomic mass is 16.5. The lowest BCUT2D eigenvalue weighted by Gasteiger charge is -2.11.